The summed E-state index contributed by atoms with van der Waals surface area (Å²) in [6.07, 6.45) is 2.12. The lowest BCUT2D eigenvalue weighted by Gasteiger charge is -2.20. The van der Waals surface area contributed by atoms with E-state index in [-0.39, 0.29) is 18.1 Å². The molecule has 0 aliphatic carbocycles. The number of rotatable bonds is 5. The Morgan fingerprint density at radius 3 is 2.75 bits per heavy atom. The highest BCUT2D eigenvalue weighted by atomic mass is 16.3. The molecule has 0 bridgehead atoms. The largest absolute Gasteiger partial charge is 0.388 e. The van der Waals surface area contributed by atoms with Crippen LogP contribution in [0.4, 0.5) is 0 Å². The van der Waals surface area contributed by atoms with Crippen LogP contribution in [0.15, 0.2) is 36.5 Å². The summed E-state index contributed by atoms with van der Waals surface area (Å²) >= 11 is 0. The molecular formula is C14H18N4O2. The second kappa shape index (κ2) is 5.83. The molecule has 2 N–H and O–H groups in total. The third kappa shape index (κ3) is 3.42. The van der Waals surface area contributed by atoms with Crippen molar-refractivity contribution < 1.29 is 9.90 Å². The minimum Gasteiger partial charge on any atom is -0.388 e. The lowest BCUT2D eigenvalue weighted by Crippen LogP contribution is -2.40. The standard InChI is InChI=1S/C14H18N4O2/c1-3-14(2,20)10-15-13(19)12-9-18(17-16-12)11-7-5-4-6-8-11/h4-9,20H,3,10H2,1-2H3,(H,15,19). The maximum absolute atomic E-state index is 11.9. The zero-order valence-corrected chi connectivity index (χ0v) is 11.6. The predicted molar refractivity (Wildman–Crippen MR) is 74.6 cm³/mol. The van der Waals surface area contributed by atoms with Gasteiger partial charge in [-0.2, -0.15) is 0 Å². The lowest BCUT2D eigenvalue weighted by molar-refractivity contribution is 0.0517. The molecule has 0 spiro atoms. The van der Waals surface area contributed by atoms with Gasteiger partial charge in [0.1, 0.15) is 0 Å². The molecule has 1 amide bonds. The molecule has 0 aliphatic heterocycles. The van der Waals surface area contributed by atoms with Crippen LogP contribution in [0.2, 0.25) is 0 Å². The SMILES string of the molecule is CCC(C)(O)CNC(=O)c1cn(-c2ccccc2)nn1. The molecule has 0 radical (unpaired) electrons. The van der Waals surface area contributed by atoms with Gasteiger partial charge in [0.15, 0.2) is 5.69 Å². The van der Waals surface area contributed by atoms with E-state index >= 15 is 0 Å². The van der Waals surface area contributed by atoms with E-state index in [0.29, 0.717) is 6.42 Å². The van der Waals surface area contributed by atoms with Gasteiger partial charge in [-0.15, -0.1) is 5.10 Å². The Morgan fingerprint density at radius 2 is 2.10 bits per heavy atom. The van der Waals surface area contributed by atoms with Crippen LogP contribution in [0.25, 0.3) is 5.69 Å². The number of aromatic nitrogens is 3. The van der Waals surface area contributed by atoms with E-state index in [1.165, 1.54) is 4.68 Å². The summed E-state index contributed by atoms with van der Waals surface area (Å²) in [5, 5.41) is 20.3. The van der Waals surface area contributed by atoms with Crippen molar-refractivity contribution in [1.82, 2.24) is 20.3 Å². The quantitative estimate of drug-likeness (QED) is 0.857. The lowest BCUT2D eigenvalue weighted by atomic mass is 10.0. The Hall–Kier alpha value is -2.21. The number of carbonyl (C=O) groups excluding carboxylic acids is 1. The number of benzene rings is 1. The maximum atomic E-state index is 11.9. The van der Waals surface area contributed by atoms with E-state index in [1.807, 2.05) is 37.3 Å². The van der Waals surface area contributed by atoms with Crippen molar-refractivity contribution in [2.45, 2.75) is 25.9 Å². The van der Waals surface area contributed by atoms with Gasteiger partial charge in [0.2, 0.25) is 0 Å². The van der Waals surface area contributed by atoms with E-state index in [1.54, 1.807) is 13.1 Å². The summed E-state index contributed by atoms with van der Waals surface area (Å²) in [7, 11) is 0. The van der Waals surface area contributed by atoms with Crippen LogP contribution in [0, 0.1) is 0 Å². The van der Waals surface area contributed by atoms with Gasteiger partial charge in [-0.25, -0.2) is 4.68 Å². The Kier molecular flexibility index (Phi) is 4.14. The minimum absolute atomic E-state index is 0.181. The van der Waals surface area contributed by atoms with Gasteiger partial charge in [-0.1, -0.05) is 30.3 Å². The number of hydrogen-bond acceptors (Lipinski definition) is 4. The van der Waals surface area contributed by atoms with Gasteiger partial charge in [0.05, 0.1) is 17.5 Å². The van der Waals surface area contributed by atoms with Crippen molar-refractivity contribution in [3.8, 4) is 5.69 Å². The normalized spacial score (nSPS) is 13.8. The molecule has 2 aromatic rings. The average molecular weight is 274 g/mol. The van der Waals surface area contributed by atoms with Gasteiger partial charge in [0, 0.05) is 6.54 Å². The molecule has 0 saturated heterocycles. The molecule has 1 aromatic heterocycles. The monoisotopic (exact) mass is 274 g/mol. The number of para-hydroxylation sites is 1. The molecule has 6 nitrogen and oxygen atoms in total. The first kappa shape index (κ1) is 14.2. The van der Waals surface area contributed by atoms with Crippen LogP contribution in [0.1, 0.15) is 30.8 Å². The van der Waals surface area contributed by atoms with E-state index in [0.717, 1.165) is 5.69 Å². The molecule has 0 fully saturated rings. The summed E-state index contributed by atoms with van der Waals surface area (Å²) in [6.45, 7) is 3.71. The fraction of sp³-hybridized carbons (Fsp3) is 0.357. The summed E-state index contributed by atoms with van der Waals surface area (Å²) in [6, 6.07) is 9.42. The molecule has 106 valence electrons. The number of hydrogen-bond donors (Lipinski definition) is 2. The molecule has 1 unspecified atom stereocenters. The van der Waals surface area contributed by atoms with Crippen molar-refractivity contribution in [3.63, 3.8) is 0 Å². The van der Waals surface area contributed by atoms with E-state index in [9.17, 15) is 9.90 Å². The maximum Gasteiger partial charge on any atom is 0.273 e. The third-order valence-electron chi connectivity index (χ3n) is 3.14. The summed E-state index contributed by atoms with van der Waals surface area (Å²) in [5.41, 5.74) is 0.144. The first-order chi connectivity index (χ1) is 9.52. The molecule has 6 heteroatoms. The number of nitrogens with zero attached hydrogens (tertiary/aromatic N) is 3. The zero-order chi connectivity index (χ0) is 14.6. The molecule has 1 heterocycles. The van der Waals surface area contributed by atoms with Gasteiger partial charge >= 0.3 is 0 Å². The summed E-state index contributed by atoms with van der Waals surface area (Å²) in [4.78, 5) is 11.9. The Labute approximate surface area is 117 Å². The second-order valence-electron chi connectivity index (χ2n) is 4.92. The van der Waals surface area contributed by atoms with Crippen LogP contribution in [-0.4, -0.2) is 38.2 Å². The van der Waals surface area contributed by atoms with Crippen LogP contribution in [0.3, 0.4) is 0 Å². The topological polar surface area (TPSA) is 80.0 Å². The molecule has 20 heavy (non-hydrogen) atoms. The van der Waals surface area contributed by atoms with Crippen LogP contribution >= 0.6 is 0 Å². The van der Waals surface area contributed by atoms with Crippen LogP contribution in [-0.2, 0) is 0 Å². The molecule has 1 aromatic carbocycles. The van der Waals surface area contributed by atoms with Crippen molar-refractivity contribution >= 4 is 5.91 Å². The van der Waals surface area contributed by atoms with Gasteiger partial charge < -0.3 is 10.4 Å². The van der Waals surface area contributed by atoms with Gasteiger partial charge in [0.25, 0.3) is 5.91 Å². The molecule has 1 atom stereocenters. The number of aliphatic hydroxyl groups is 1. The van der Waals surface area contributed by atoms with Crippen molar-refractivity contribution in [2.75, 3.05) is 6.54 Å². The highest BCUT2D eigenvalue weighted by molar-refractivity contribution is 5.91. The minimum atomic E-state index is -0.912. The highest BCUT2D eigenvalue weighted by Crippen LogP contribution is 2.08. The predicted octanol–water partition coefficient (Wildman–Crippen LogP) is 1.16. The molecule has 2 rings (SSSR count). The first-order valence-corrected chi connectivity index (χ1v) is 6.50. The Bertz CT molecular complexity index is 578. The summed E-state index contributed by atoms with van der Waals surface area (Å²) in [5.74, 6) is -0.346. The van der Waals surface area contributed by atoms with Crippen molar-refractivity contribution in [3.05, 3.63) is 42.2 Å². The second-order valence-corrected chi connectivity index (χ2v) is 4.92. The number of nitrogens with one attached hydrogen (secondary N) is 1. The number of carbonyl (C=O) groups is 1. The molecule has 0 aliphatic rings. The average Bonchev–Trinajstić information content (AvgIpc) is 2.96. The van der Waals surface area contributed by atoms with Crippen LogP contribution < -0.4 is 5.32 Å². The van der Waals surface area contributed by atoms with E-state index in [4.69, 9.17) is 0 Å². The van der Waals surface area contributed by atoms with Crippen molar-refractivity contribution in [1.29, 1.82) is 0 Å². The summed E-state index contributed by atoms with van der Waals surface area (Å²) < 4.78 is 1.53. The van der Waals surface area contributed by atoms with Crippen molar-refractivity contribution in [2.24, 2.45) is 0 Å². The van der Waals surface area contributed by atoms with Gasteiger partial charge in [-0.3, -0.25) is 4.79 Å². The van der Waals surface area contributed by atoms with Crippen LogP contribution in [0.5, 0.6) is 0 Å². The fourth-order valence-corrected chi connectivity index (χ4v) is 1.56. The Morgan fingerprint density at radius 1 is 1.40 bits per heavy atom. The zero-order valence-electron chi connectivity index (χ0n) is 11.6. The molecule has 0 saturated carbocycles. The number of amides is 1. The first-order valence-electron chi connectivity index (χ1n) is 6.50. The Balaban J connectivity index is 2.04. The smallest absolute Gasteiger partial charge is 0.273 e. The highest BCUT2D eigenvalue weighted by Gasteiger charge is 2.20. The van der Waals surface area contributed by atoms with E-state index in [2.05, 4.69) is 15.6 Å². The molecular weight excluding hydrogens is 256 g/mol. The van der Waals surface area contributed by atoms with Gasteiger partial charge in [-0.05, 0) is 25.5 Å². The fourth-order valence-electron chi connectivity index (χ4n) is 1.56. The third-order valence-corrected chi connectivity index (χ3v) is 3.14. The van der Waals surface area contributed by atoms with E-state index < -0.39 is 5.60 Å².